The number of nitrogens with one attached hydrogen (secondary N) is 1. The zero-order valence-electron chi connectivity index (χ0n) is 17.3. The Labute approximate surface area is 192 Å². The van der Waals surface area contributed by atoms with Gasteiger partial charge in [0.1, 0.15) is 0 Å². The molecule has 2 bridgehead atoms. The number of nitrogens with zero attached hydrogens (tertiary/aromatic N) is 4. The fourth-order valence-corrected chi connectivity index (χ4v) is 5.96. The van der Waals surface area contributed by atoms with Gasteiger partial charge in [-0.15, -0.1) is 0 Å². The fraction of sp³-hybridized carbons (Fsp3) is 0.391. The zero-order valence-corrected chi connectivity index (χ0v) is 18.9. The largest absolute Gasteiger partial charge is 0.341 e. The van der Waals surface area contributed by atoms with Crippen LogP contribution in [0.3, 0.4) is 0 Å². The molecule has 3 aliphatic rings. The van der Waals surface area contributed by atoms with Gasteiger partial charge in [-0.05, 0) is 36.6 Å². The molecular formula is C23H22BrN5O3. The molecule has 3 atom stereocenters. The monoisotopic (exact) mass is 495 g/mol. The molecule has 1 aromatic carbocycles. The predicted octanol–water partition coefficient (Wildman–Crippen LogP) is 2.49. The maximum Gasteiger partial charge on any atom is 0.250 e. The van der Waals surface area contributed by atoms with Gasteiger partial charge in [-0.25, -0.2) is 0 Å². The summed E-state index contributed by atoms with van der Waals surface area (Å²) in [5, 5.41) is 8.20. The van der Waals surface area contributed by atoms with E-state index in [0.717, 1.165) is 27.5 Å². The van der Waals surface area contributed by atoms with Crippen molar-refractivity contribution in [1.82, 2.24) is 19.7 Å². The van der Waals surface area contributed by atoms with Gasteiger partial charge >= 0.3 is 0 Å². The molecule has 2 saturated heterocycles. The van der Waals surface area contributed by atoms with E-state index in [1.165, 1.54) is 0 Å². The average molecular weight is 496 g/mol. The third kappa shape index (κ3) is 3.09. The predicted molar refractivity (Wildman–Crippen MR) is 122 cm³/mol. The zero-order chi connectivity index (χ0) is 22.0. The van der Waals surface area contributed by atoms with Gasteiger partial charge in [0.05, 0.1) is 11.4 Å². The van der Waals surface area contributed by atoms with Gasteiger partial charge in [-0.3, -0.25) is 24.4 Å². The highest BCUT2D eigenvalue weighted by Crippen LogP contribution is 2.37. The van der Waals surface area contributed by atoms with Crippen molar-refractivity contribution in [1.29, 1.82) is 0 Å². The summed E-state index contributed by atoms with van der Waals surface area (Å²) in [4.78, 5) is 42.1. The van der Waals surface area contributed by atoms with Gasteiger partial charge in [-0.2, -0.15) is 5.10 Å². The SMILES string of the molecule is O=C(C1CC(=O)N(c2n[nH]c3cc(Br)ccc23)C1)N1C[C@H]2C[C@@H](C1)c1cccc(=O)n1C2. The van der Waals surface area contributed by atoms with Crippen LogP contribution in [-0.2, 0) is 16.1 Å². The first-order valence-electron chi connectivity index (χ1n) is 10.9. The number of benzene rings is 1. The van der Waals surface area contributed by atoms with Gasteiger partial charge in [0.15, 0.2) is 5.82 Å². The van der Waals surface area contributed by atoms with Crippen LogP contribution in [0.4, 0.5) is 5.82 Å². The maximum atomic E-state index is 13.4. The lowest BCUT2D eigenvalue weighted by atomic mass is 9.82. The minimum absolute atomic E-state index is 0.0323. The van der Waals surface area contributed by atoms with Crippen LogP contribution in [0, 0.1) is 11.8 Å². The molecule has 0 spiro atoms. The summed E-state index contributed by atoms with van der Waals surface area (Å²) in [6.45, 7) is 2.23. The number of hydrogen-bond donors (Lipinski definition) is 1. The highest BCUT2D eigenvalue weighted by atomic mass is 79.9. The minimum atomic E-state index is -0.374. The second-order valence-corrected chi connectivity index (χ2v) is 10.00. The number of rotatable bonds is 2. The lowest BCUT2D eigenvalue weighted by Crippen LogP contribution is -2.50. The molecule has 0 aliphatic carbocycles. The van der Waals surface area contributed by atoms with Crippen molar-refractivity contribution in [2.45, 2.75) is 25.3 Å². The van der Waals surface area contributed by atoms with E-state index in [0.29, 0.717) is 32.0 Å². The Morgan fingerprint density at radius 1 is 1.09 bits per heavy atom. The molecule has 3 aromatic rings. The standard InChI is InChI=1S/C23H22BrN5O3/c24-16-4-5-17-18(8-16)25-26-22(17)29-12-15(7-21(29)31)23(32)27-9-13-6-14(11-27)19-2-1-3-20(30)28(19)10-13/h1-5,8,13-15H,6-7,9-12H2,(H,25,26)/t13-,14+,15?/m1/s1. The molecule has 5 heterocycles. The Kier molecular flexibility index (Phi) is 4.50. The van der Waals surface area contributed by atoms with Crippen molar-refractivity contribution in [3.05, 3.63) is 56.9 Å². The Morgan fingerprint density at radius 2 is 1.97 bits per heavy atom. The van der Waals surface area contributed by atoms with Crippen LogP contribution in [0.15, 0.2) is 45.7 Å². The van der Waals surface area contributed by atoms with E-state index in [-0.39, 0.29) is 41.5 Å². The normalized spacial score (nSPS) is 24.8. The molecule has 8 nitrogen and oxygen atoms in total. The molecule has 0 radical (unpaired) electrons. The van der Waals surface area contributed by atoms with Crippen LogP contribution in [0.2, 0.25) is 0 Å². The number of H-pyrrole nitrogens is 1. The number of amides is 2. The first kappa shape index (κ1) is 19.7. The molecule has 6 rings (SSSR count). The van der Waals surface area contributed by atoms with E-state index >= 15 is 0 Å². The number of anilines is 1. The van der Waals surface area contributed by atoms with Crippen LogP contribution in [-0.4, -0.2) is 51.1 Å². The summed E-state index contributed by atoms with van der Waals surface area (Å²) in [6, 6.07) is 11.2. The molecule has 32 heavy (non-hydrogen) atoms. The molecule has 9 heteroatoms. The number of halogens is 1. The van der Waals surface area contributed by atoms with Crippen molar-refractivity contribution in [2.24, 2.45) is 11.8 Å². The second-order valence-electron chi connectivity index (χ2n) is 9.08. The molecule has 0 saturated carbocycles. The second kappa shape index (κ2) is 7.30. The highest BCUT2D eigenvalue weighted by Gasteiger charge is 2.42. The van der Waals surface area contributed by atoms with Crippen LogP contribution in [0.5, 0.6) is 0 Å². The molecule has 2 fully saturated rings. The summed E-state index contributed by atoms with van der Waals surface area (Å²) < 4.78 is 2.79. The van der Waals surface area contributed by atoms with Gasteiger partial charge in [0, 0.05) is 60.1 Å². The van der Waals surface area contributed by atoms with E-state index in [2.05, 4.69) is 26.1 Å². The number of likely N-dealkylation sites (tertiary alicyclic amines) is 1. The highest BCUT2D eigenvalue weighted by molar-refractivity contribution is 9.10. The number of carbonyl (C=O) groups is 2. The Bertz CT molecular complexity index is 1310. The summed E-state index contributed by atoms with van der Waals surface area (Å²) in [7, 11) is 0. The van der Waals surface area contributed by atoms with Crippen LogP contribution in [0.1, 0.15) is 24.5 Å². The average Bonchev–Trinajstić information content (AvgIpc) is 3.36. The molecule has 2 aromatic heterocycles. The number of hydrogen-bond acceptors (Lipinski definition) is 4. The van der Waals surface area contributed by atoms with Gasteiger partial charge in [0.25, 0.3) is 5.56 Å². The van der Waals surface area contributed by atoms with E-state index < -0.39 is 0 Å². The van der Waals surface area contributed by atoms with E-state index in [1.807, 2.05) is 33.7 Å². The first-order chi connectivity index (χ1) is 15.5. The summed E-state index contributed by atoms with van der Waals surface area (Å²) in [5.74, 6) is 0.603. The first-order valence-corrected chi connectivity index (χ1v) is 11.7. The quantitative estimate of drug-likeness (QED) is 0.591. The van der Waals surface area contributed by atoms with Crippen LogP contribution in [0.25, 0.3) is 10.9 Å². The topological polar surface area (TPSA) is 91.3 Å². The van der Waals surface area contributed by atoms with Crippen molar-refractivity contribution in [3.8, 4) is 0 Å². The fourth-order valence-electron chi connectivity index (χ4n) is 5.60. The Balaban J connectivity index is 1.22. The molecular weight excluding hydrogens is 474 g/mol. The van der Waals surface area contributed by atoms with Gasteiger partial charge in [0.2, 0.25) is 11.8 Å². The molecule has 3 aliphatic heterocycles. The smallest absolute Gasteiger partial charge is 0.250 e. The van der Waals surface area contributed by atoms with Crippen molar-refractivity contribution < 1.29 is 9.59 Å². The Morgan fingerprint density at radius 3 is 2.84 bits per heavy atom. The lowest BCUT2D eigenvalue weighted by Gasteiger charge is -2.43. The number of fused-ring (bicyclic) bond motifs is 5. The van der Waals surface area contributed by atoms with Crippen molar-refractivity contribution >= 4 is 44.5 Å². The van der Waals surface area contributed by atoms with E-state index in [4.69, 9.17) is 0 Å². The third-order valence-electron chi connectivity index (χ3n) is 7.03. The molecule has 1 unspecified atom stereocenters. The summed E-state index contributed by atoms with van der Waals surface area (Å²) in [5.41, 5.74) is 1.89. The minimum Gasteiger partial charge on any atom is -0.341 e. The third-order valence-corrected chi connectivity index (χ3v) is 7.52. The van der Waals surface area contributed by atoms with E-state index in [9.17, 15) is 14.4 Å². The number of piperidine rings is 1. The maximum absolute atomic E-state index is 13.4. The lowest BCUT2D eigenvalue weighted by molar-refractivity contribution is -0.138. The molecule has 1 N–H and O–H groups in total. The van der Waals surface area contributed by atoms with E-state index in [1.54, 1.807) is 17.0 Å². The summed E-state index contributed by atoms with van der Waals surface area (Å²) in [6.07, 6.45) is 1.20. The van der Waals surface area contributed by atoms with Crippen molar-refractivity contribution in [2.75, 3.05) is 24.5 Å². The van der Waals surface area contributed by atoms with Crippen LogP contribution >= 0.6 is 15.9 Å². The number of aromatic amines is 1. The summed E-state index contributed by atoms with van der Waals surface area (Å²) >= 11 is 3.45. The van der Waals surface area contributed by atoms with Crippen molar-refractivity contribution in [3.63, 3.8) is 0 Å². The van der Waals surface area contributed by atoms with Crippen LogP contribution < -0.4 is 10.5 Å². The number of aromatic nitrogens is 3. The Hall–Kier alpha value is -2.94. The van der Waals surface area contributed by atoms with Gasteiger partial charge in [-0.1, -0.05) is 22.0 Å². The van der Waals surface area contributed by atoms with Gasteiger partial charge < -0.3 is 9.47 Å². The number of pyridine rings is 1. The molecule has 164 valence electrons. The number of carbonyl (C=O) groups excluding carboxylic acids is 2. The molecule has 2 amide bonds.